The molecule has 0 heterocycles. The predicted octanol–water partition coefficient (Wildman–Crippen LogP) is 2.78. The van der Waals surface area contributed by atoms with Crippen molar-refractivity contribution in [1.29, 1.82) is 0 Å². The van der Waals surface area contributed by atoms with E-state index in [0.29, 0.717) is 18.3 Å². The van der Waals surface area contributed by atoms with Crippen molar-refractivity contribution < 1.29 is 18.3 Å². The largest absolute Gasteiger partial charge is 0.493 e. The van der Waals surface area contributed by atoms with Crippen LogP contribution in [-0.2, 0) is 0 Å². The summed E-state index contributed by atoms with van der Waals surface area (Å²) in [4.78, 5) is 2.22. The van der Waals surface area contributed by atoms with Gasteiger partial charge in [0.25, 0.3) is 0 Å². The number of hydrogen-bond acceptors (Lipinski definition) is 4. The van der Waals surface area contributed by atoms with Gasteiger partial charge in [0.1, 0.15) is 0 Å². The first-order chi connectivity index (χ1) is 10.1. The molecule has 0 spiro atoms. The molecular formula is C15H22F2N2O2. The molecule has 1 aliphatic carbocycles. The first-order valence-electron chi connectivity index (χ1n) is 7.11. The Morgan fingerprint density at radius 1 is 1.33 bits per heavy atom. The Bertz CT molecular complexity index is 467. The van der Waals surface area contributed by atoms with Gasteiger partial charge < -0.3 is 15.2 Å². The minimum Gasteiger partial charge on any atom is -0.493 e. The van der Waals surface area contributed by atoms with Gasteiger partial charge in [0.2, 0.25) is 0 Å². The molecule has 1 aromatic rings. The van der Waals surface area contributed by atoms with Crippen LogP contribution in [0.5, 0.6) is 11.5 Å². The van der Waals surface area contributed by atoms with E-state index >= 15 is 0 Å². The highest BCUT2D eigenvalue weighted by Gasteiger charge is 2.28. The standard InChI is InChI=1S/C15H22F2N2O2/c1-19(11-4-3-5-11)12(9-18)10-6-7-13(20-2)14(8-10)21-15(16)17/h6-8,11-12,15H,3-5,9,18H2,1-2H3. The van der Waals surface area contributed by atoms with Gasteiger partial charge in [0.15, 0.2) is 11.5 Å². The lowest BCUT2D eigenvalue weighted by Crippen LogP contribution is -2.42. The summed E-state index contributed by atoms with van der Waals surface area (Å²) in [6, 6.07) is 5.59. The monoisotopic (exact) mass is 300 g/mol. The van der Waals surface area contributed by atoms with Crippen LogP contribution in [-0.4, -0.2) is 38.3 Å². The normalized spacial score (nSPS) is 16.9. The molecule has 1 saturated carbocycles. The molecule has 2 rings (SSSR count). The second-order valence-electron chi connectivity index (χ2n) is 5.29. The first-order valence-corrected chi connectivity index (χ1v) is 7.11. The maximum absolute atomic E-state index is 12.5. The summed E-state index contributed by atoms with van der Waals surface area (Å²) in [6.07, 6.45) is 3.54. The molecule has 1 aromatic carbocycles. The van der Waals surface area contributed by atoms with Crippen LogP contribution in [0.25, 0.3) is 0 Å². The lowest BCUT2D eigenvalue weighted by Gasteiger charge is -2.40. The third kappa shape index (κ3) is 3.63. The van der Waals surface area contributed by atoms with Crippen LogP contribution in [0, 0.1) is 0 Å². The molecule has 1 atom stereocenters. The number of benzene rings is 1. The predicted molar refractivity (Wildman–Crippen MR) is 76.8 cm³/mol. The topological polar surface area (TPSA) is 47.7 Å². The van der Waals surface area contributed by atoms with Crippen molar-refractivity contribution in [2.75, 3.05) is 20.7 Å². The second kappa shape index (κ2) is 7.04. The molecule has 1 aliphatic rings. The minimum atomic E-state index is -2.88. The molecular weight excluding hydrogens is 278 g/mol. The van der Waals surface area contributed by atoms with Crippen LogP contribution in [0.1, 0.15) is 30.9 Å². The van der Waals surface area contributed by atoms with Crippen molar-refractivity contribution in [3.05, 3.63) is 23.8 Å². The van der Waals surface area contributed by atoms with Gasteiger partial charge in [0, 0.05) is 18.6 Å². The number of likely N-dealkylation sites (N-methyl/N-ethyl adjacent to an activating group) is 1. The van der Waals surface area contributed by atoms with Crippen molar-refractivity contribution in [3.63, 3.8) is 0 Å². The Kier molecular flexibility index (Phi) is 5.36. The zero-order valence-corrected chi connectivity index (χ0v) is 12.4. The van der Waals surface area contributed by atoms with Crippen molar-refractivity contribution in [2.45, 2.75) is 38.0 Å². The van der Waals surface area contributed by atoms with Crippen molar-refractivity contribution in [3.8, 4) is 11.5 Å². The van der Waals surface area contributed by atoms with E-state index in [4.69, 9.17) is 10.5 Å². The average Bonchev–Trinajstić information content (AvgIpc) is 2.37. The summed E-state index contributed by atoms with van der Waals surface area (Å²) in [5.41, 5.74) is 6.75. The Hall–Kier alpha value is -1.40. The van der Waals surface area contributed by atoms with E-state index in [9.17, 15) is 8.78 Å². The zero-order chi connectivity index (χ0) is 15.4. The van der Waals surface area contributed by atoms with Crippen LogP contribution in [0.2, 0.25) is 0 Å². The fraction of sp³-hybridized carbons (Fsp3) is 0.600. The van der Waals surface area contributed by atoms with Gasteiger partial charge in [-0.15, -0.1) is 0 Å². The van der Waals surface area contributed by atoms with Crippen LogP contribution in [0.4, 0.5) is 8.78 Å². The second-order valence-corrected chi connectivity index (χ2v) is 5.29. The molecule has 0 amide bonds. The van der Waals surface area contributed by atoms with Gasteiger partial charge in [-0.3, -0.25) is 4.90 Å². The van der Waals surface area contributed by atoms with Crippen LogP contribution >= 0.6 is 0 Å². The SMILES string of the molecule is COc1ccc(C(CN)N(C)C2CCC2)cc1OC(F)F. The fourth-order valence-corrected chi connectivity index (χ4v) is 2.67. The van der Waals surface area contributed by atoms with Gasteiger partial charge in [-0.05, 0) is 37.6 Å². The maximum Gasteiger partial charge on any atom is 0.387 e. The molecule has 0 radical (unpaired) electrons. The quantitative estimate of drug-likeness (QED) is 0.841. The highest BCUT2D eigenvalue weighted by atomic mass is 19.3. The van der Waals surface area contributed by atoms with E-state index in [1.807, 2.05) is 13.1 Å². The molecule has 4 nitrogen and oxygen atoms in total. The highest BCUT2D eigenvalue weighted by molar-refractivity contribution is 5.44. The van der Waals surface area contributed by atoms with Gasteiger partial charge in [0.05, 0.1) is 7.11 Å². The molecule has 1 unspecified atom stereocenters. The van der Waals surface area contributed by atoms with Gasteiger partial charge in [-0.25, -0.2) is 0 Å². The Morgan fingerprint density at radius 3 is 2.52 bits per heavy atom. The first kappa shape index (κ1) is 16.0. The number of halogens is 2. The zero-order valence-electron chi connectivity index (χ0n) is 12.4. The van der Waals surface area contributed by atoms with E-state index in [-0.39, 0.29) is 11.8 Å². The summed E-state index contributed by atoms with van der Waals surface area (Å²) >= 11 is 0. The highest BCUT2D eigenvalue weighted by Crippen LogP contribution is 2.35. The molecule has 6 heteroatoms. The number of methoxy groups -OCH3 is 1. The van der Waals surface area contributed by atoms with Crippen molar-refractivity contribution in [2.24, 2.45) is 5.73 Å². The molecule has 2 N–H and O–H groups in total. The van der Waals surface area contributed by atoms with Crippen molar-refractivity contribution in [1.82, 2.24) is 4.90 Å². The molecule has 21 heavy (non-hydrogen) atoms. The number of alkyl halides is 2. The molecule has 0 saturated heterocycles. The minimum absolute atomic E-state index is 0.0128. The summed E-state index contributed by atoms with van der Waals surface area (Å²) in [5, 5.41) is 0. The number of nitrogens with two attached hydrogens (primary N) is 1. The molecule has 1 fully saturated rings. The lowest BCUT2D eigenvalue weighted by molar-refractivity contribution is -0.0513. The van der Waals surface area contributed by atoms with Crippen LogP contribution in [0.3, 0.4) is 0 Å². The molecule has 0 aromatic heterocycles. The number of nitrogens with zero attached hydrogens (tertiary/aromatic N) is 1. The third-order valence-corrected chi connectivity index (χ3v) is 4.15. The number of hydrogen-bond donors (Lipinski definition) is 1. The van der Waals surface area contributed by atoms with E-state index in [2.05, 4.69) is 9.64 Å². The number of rotatable bonds is 7. The van der Waals surface area contributed by atoms with E-state index < -0.39 is 6.61 Å². The van der Waals surface area contributed by atoms with E-state index in [1.165, 1.54) is 13.5 Å². The summed E-state index contributed by atoms with van der Waals surface area (Å²) < 4.78 is 34.6. The van der Waals surface area contributed by atoms with Crippen LogP contribution in [0.15, 0.2) is 18.2 Å². The summed E-state index contributed by atoms with van der Waals surface area (Å²) in [5.74, 6) is 0.339. The van der Waals surface area contributed by atoms with Gasteiger partial charge in [-0.1, -0.05) is 12.5 Å². The Balaban J connectivity index is 2.23. The summed E-state index contributed by atoms with van der Waals surface area (Å²) in [7, 11) is 3.45. The smallest absolute Gasteiger partial charge is 0.387 e. The maximum atomic E-state index is 12.5. The van der Waals surface area contributed by atoms with Crippen molar-refractivity contribution >= 4 is 0 Å². The Labute approximate surface area is 123 Å². The van der Waals surface area contributed by atoms with E-state index in [1.54, 1.807) is 12.1 Å². The van der Waals surface area contributed by atoms with Gasteiger partial charge >= 0.3 is 6.61 Å². The van der Waals surface area contributed by atoms with Gasteiger partial charge in [-0.2, -0.15) is 8.78 Å². The van der Waals surface area contributed by atoms with E-state index in [0.717, 1.165) is 18.4 Å². The molecule has 0 aliphatic heterocycles. The molecule has 118 valence electrons. The number of ether oxygens (including phenoxy) is 2. The fourth-order valence-electron chi connectivity index (χ4n) is 2.67. The Morgan fingerprint density at radius 2 is 2.05 bits per heavy atom. The summed E-state index contributed by atoms with van der Waals surface area (Å²) in [6.45, 7) is -2.46. The average molecular weight is 300 g/mol. The third-order valence-electron chi connectivity index (χ3n) is 4.15. The van der Waals surface area contributed by atoms with Crippen LogP contribution < -0.4 is 15.2 Å². The lowest BCUT2D eigenvalue weighted by atomic mass is 9.89. The molecule has 0 bridgehead atoms.